The molecule has 0 amide bonds. The van der Waals surface area contributed by atoms with Crippen molar-refractivity contribution in [1.29, 1.82) is 0 Å². The average molecular weight is 277 g/mol. The number of nitrogens with one attached hydrogen (secondary N) is 2. The SMILES string of the molecule is CCCC1(CNc2nc(NN)nc3sccc23)CC1. The minimum absolute atomic E-state index is 0.470. The number of rotatable bonds is 6. The van der Waals surface area contributed by atoms with Crippen molar-refractivity contribution in [2.24, 2.45) is 11.3 Å². The molecule has 1 saturated carbocycles. The third kappa shape index (κ3) is 2.50. The molecule has 1 fully saturated rings. The lowest BCUT2D eigenvalue weighted by Crippen LogP contribution is -2.17. The van der Waals surface area contributed by atoms with Gasteiger partial charge in [0.2, 0.25) is 5.95 Å². The largest absolute Gasteiger partial charge is 0.369 e. The fourth-order valence-corrected chi connectivity index (χ4v) is 3.31. The van der Waals surface area contributed by atoms with Crippen molar-refractivity contribution in [3.63, 3.8) is 0 Å². The summed E-state index contributed by atoms with van der Waals surface area (Å²) in [5, 5.41) is 6.61. The van der Waals surface area contributed by atoms with Gasteiger partial charge in [-0.1, -0.05) is 13.3 Å². The second-order valence-electron chi connectivity index (χ2n) is 5.28. The first-order valence-corrected chi connectivity index (χ1v) is 7.60. The number of anilines is 2. The first kappa shape index (κ1) is 12.6. The zero-order chi connectivity index (χ0) is 13.3. The van der Waals surface area contributed by atoms with Crippen LogP contribution in [0.15, 0.2) is 11.4 Å². The fraction of sp³-hybridized carbons (Fsp3) is 0.538. The van der Waals surface area contributed by atoms with Gasteiger partial charge in [-0.2, -0.15) is 4.98 Å². The predicted molar refractivity (Wildman–Crippen MR) is 80.3 cm³/mol. The number of hydrogen-bond acceptors (Lipinski definition) is 6. The van der Waals surface area contributed by atoms with Gasteiger partial charge in [0.1, 0.15) is 10.6 Å². The van der Waals surface area contributed by atoms with Gasteiger partial charge in [0.05, 0.1) is 5.39 Å². The molecule has 3 rings (SSSR count). The van der Waals surface area contributed by atoms with Crippen molar-refractivity contribution in [2.75, 3.05) is 17.3 Å². The lowest BCUT2D eigenvalue weighted by atomic mass is 10.0. The second kappa shape index (κ2) is 4.94. The molecule has 0 bridgehead atoms. The Morgan fingerprint density at radius 2 is 2.26 bits per heavy atom. The summed E-state index contributed by atoms with van der Waals surface area (Å²) in [6.45, 7) is 3.24. The third-order valence-electron chi connectivity index (χ3n) is 3.82. The first-order valence-electron chi connectivity index (χ1n) is 6.72. The van der Waals surface area contributed by atoms with Crippen LogP contribution in [0.4, 0.5) is 11.8 Å². The van der Waals surface area contributed by atoms with E-state index in [2.05, 4.69) is 33.7 Å². The van der Waals surface area contributed by atoms with Crippen LogP contribution >= 0.6 is 11.3 Å². The summed E-state index contributed by atoms with van der Waals surface area (Å²) in [6.07, 6.45) is 5.19. The summed E-state index contributed by atoms with van der Waals surface area (Å²) in [7, 11) is 0. The van der Waals surface area contributed by atoms with Crippen LogP contribution in [-0.2, 0) is 0 Å². The highest BCUT2D eigenvalue weighted by Crippen LogP contribution is 2.49. The van der Waals surface area contributed by atoms with Crippen LogP contribution in [0, 0.1) is 5.41 Å². The Hall–Kier alpha value is -1.40. The van der Waals surface area contributed by atoms with Gasteiger partial charge in [0.15, 0.2) is 0 Å². The minimum Gasteiger partial charge on any atom is -0.369 e. The van der Waals surface area contributed by atoms with Crippen LogP contribution in [0.3, 0.4) is 0 Å². The normalized spacial score (nSPS) is 16.5. The van der Waals surface area contributed by atoms with Crippen molar-refractivity contribution in [1.82, 2.24) is 9.97 Å². The molecule has 6 heteroatoms. The molecule has 0 aliphatic heterocycles. The first-order chi connectivity index (χ1) is 9.26. The van der Waals surface area contributed by atoms with E-state index in [1.807, 2.05) is 5.38 Å². The molecule has 0 saturated heterocycles. The molecule has 0 spiro atoms. The molecule has 4 N–H and O–H groups in total. The molecule has 0 unspecified atom stereocenters. The van der Waals surface area contributed by atoms with E-state index in [1.165, 1.54) is 25.7 Å². The van der Waals surface area contributed by atoms with Crippen LogP contribution in [0.25, 0.3) is 10.2 Å². The smallest absolute Gasteiger partial charge is 0.240 e. The highest BCUT2D eigenvalue weighted by molar-refractivity contribution is 7.16. The molecule has 102 valence electrons. The number of nitrogens with two attached hydrogens (primary N) is 1. The molecule has 1 aliphatic carbocycles. The van der Waals surface area contributed by atoms with Crippen LogP contribution in [0.5, 0.6) is 0 Å². The zero-order valence-corrected chi connectivity index (χ0v) is 11.9. The molecule has 2 heterocycles. The molecule has 0 radical (unpaired) electrons. The summed E-state index contributed by atoms with van der Waals surface area (Å²) in [4.78, 5) is 9.74. The molecule has 1 aliphatic rings. The van der Waals surface area contributed by atoms with E-state index in [9.17, 15) is 0 Å². The van der Waals surface area contributed by atoms with E-state index in [-0.39, 0.29) is 0 Å². The number of thiophene rings is 1. The number of fused-ring (bicyclic) bond motifs is 1. The quantitative estimate of drug-likeness (QED) is 0.559. The van der Waals surface area contributed by atoms with E-state index < -0.39 is 0 Å². The van der Waals surface area contributed by atoms with Crippen LogP contribution in [-0.4, -0.2) is 16.5 Å². The van der Waals surface area contributed by atoms with Gasteiger partial charge in [-0.05, 0) is 36.1 Å². The van der Waals surface area contributed by atoms with Gasteiger partial charge in [0, 0.05) is 6.54 Å². The Labute approximate surface area is 116 Å². The lowest BCUT2D eigenvalue weighted by molar-refractivity contribution is 0.485. The Morgan fingerprint density at radius 1 is 1.42 bits per heavy atom. The molecular formula is C13H19N5S. The van der Waals surface area contributed by atoms with Crippen molar-refractivity contribution in [3.05, 3.63) is 11.4 Å². The summed E-state index contributed by atoms with van der Waals surface area (Å²) in [6, 6.07) is 2.06. The van der Waals surface area contributed by atoms with Crippen molar-refractivity contribution in [3.8, 4) is 0 Å². The molecule has 2 aromatic rings. The average Bonchev–Trinajstić information content (AvgIpc) is 3.02. The highest BCUT2D eigenvalue weighted by Gasteiger charge is 2.41. The van der Waals surface area contributed by atoms with Crippen LogP contribution in [0.2, 0.25) is 0 Å². The summed E-state index contributed by atoms with van der Waals surface area (Å²) >= 11 is 1.60. The van der Waals surface area contributed by atoms with E-state index >= 15 is 0 Å². The maximum atomic E-state index is 5.42. The Bertz CT molecular complexity index is 575. The van der Waals surface area contributed by atoms with Gasteiger partial charge in [-0.3, -0.25) is 5.43 Å². The Balaban J connectivity index is 1.81. The van der Waals surface area contributed by atoms with E-state index in [1.54, 1.807) is 11.3 Å². The predicted octanol–water partition coefficient (Wildman–Crippen LogP) is 2.97. The number of aromatic nitrogens is 2. The number of hydrogen-bond donors (Lipinski definition) is 3. The van der Waals surface area contributed by atoms with Gasteiger partial charge in [-0.25, -0.2) is 10.8 Å². The number of hydrazine groups is 1. The monoisotopic (exact) mass is 277 g/mol. The van der Waals surface area contributed by atoms with Crippen molar-refractivity contribution >= 4 is 33.3 Å². The number of nitrogens with zero attached hydrogens (tertiary/aromatic N) is 2. The van der Waals surface area contributed by atoms with E-state index in [0.717, 1.165) is 22.6 Å². The highest BCUT2D eigenvalue weighted by atomic mass is 32.1. The molecule has 2 aromatic heterocycles. The molecule has 0 atom stereocenters. The zero-order valence-electron chi connectivity index (χ0n) is 11.1. The summed E-state index contributed by atoms with van der Waals surface area (Å²) in [5.74, 6) is 6.78. The fourth-order valence-electron chi connectivity index (χ4n) is 2.55. The van der Waals surface area contributed by atoms with Gasteiger partial charge in [0.25, 0.3) is 0 Å². The summed E-state index contributed by atoms with van der Waals surface area (Å²) in [5.41, 5.74) is 3.03. The molecule has 5 nitrogen and oxygen atoms in total. The Kier molecular flexibility index (Phi) is 3.28. The van der Waals surface area contributed by atoms with E-state index in [0.29, 0.717) is 11.4 Å². The lowest BCUT2D eigenvalue weighted by Gasteiger charge is -2.16. The standard InChI is InChI=1S/C13H19N5S/c1-2-4-13(5-6-13)8-15-10-9-3-7-19-11(9)17-12(16-10)18-14/h3,7H,2,4-6,8,14H2,1H3,(H2,15,16,17,18). The second-order valence-corrected chi connectivity index (χ2v) is 6.18. The maximum absolute atomic E-state index is 5.42. The molecule has 19 heavy (non-hydrogen) atoms. The van der Waals surface area contributed by atoms with Gasteiger partial charge >= 0.3 is 0 Å². The Morgan fingerprint density at radius 3 is 2.95 bits per heavy atom. The van der Waals surface area contributed by atoms with Gasteiger partial charge < -0.3 is 5.32 Å². The van der Waals surface area contributed by atoms with Crippen LogP contribution < -0.4 is 16.6 Å². The minimum atomic E-state index is 0.470. The van der Waals surface area contributed by atoms with Crippen LogP contribution in [0.1, 0.15) is 32.6 Å². The third-order valence-corrected chi connectivity index (χ3v) is 4.63. The number of nitrogen functional groups attached to an aromatic ring is 1. The summed E-state index contributed by atoms with van der Waals surface area (Å²) < 4.78 is 0. The maximum Gasteiger partial charge on any atom is 0.240 e. The molecular weight excluding hydrogens is 258 g/mol. The van der Waals surface area contributed by atoms with Crippen molar-refractivity contribution in [2.45, 2.75) is 32.6 Å². The molecule has 0 aromatic carbocycles. The van der Waals surface area contributed by atoms with Crippen molar-refractivity contribution < 1.29 is 0 Å². The van der Waals surface area contributed by atoms with E-state index in [4.69, 9.17) is 5.84 Å². The van der Waals surface area contributed by atoms with Gasteiger partial charge in [-0.15, -0.1) is 11.3 Å². The topological polar surface area (TPSA) is 75.9 Å².